The van der Waals surface area contributed by atoms with Crippen molar-refractivity contribution >= 4 is 33.5 Å². The molecule has 0 spiro atoms. The summed E-state index contributed by atoms with van der Waals surface area (Å²) >= 11 is 0. The van der Waals surface area contributed by atoms with Crippen LogP contribution in [0.15, 0.2) is 55.3 Å². The number of fused-ring (bicyclic) bond motifs is 3. The number of hydrogen-bond donors (Lipinski definition) is 1. The molecular weight excluding hydrogens is 238 g/mol. The molecule has 1 aromatic carbocycles. The van der Waals surface area contributed by atoms with Crippen LogP contribution in [0.2, 0.25) is 0 Å². The zero-order valence-electron chi connectivity index (χ0n) is 10.1. The Morgan fingerprint density at radius 3 is 2.89 bits per heavy atom. The topological polar surface area (TPSA) is 54.9 Å². The van der Waals surface area contributed by atoms with Crippen LogP contribution in [0.5, 0.6) is 0 Å². The van der Waals surface area contributed by atoms with Crippen LogP contribution >= 0.6 is 0 Å². The summed E-state index contributed by atoms with van der Waals surface area (Å²) in [7, 11) is 0. The van der Waals surface area contributed by atoms with Crippen molar-refractivity contribution in [3.05, 3.63) is 55.3 Å². The fourth-order valence-electron chi connectivity index (χ4n) is 1.99. The second-order valence-corrected chi connectivity index (χ2v) is 4.10. The molecule has 1 amide bonds. The van der Waals surface area contributed by atoms with Crippen molar-refractivity contribution in [2.24, 2.45) is 0 Å². The molecule has 0 unspecified atom stereocenters. The van der Waals surface area contributed by atoms with Gasteiger partial charge in [-0.25, -0.2) is 4.98 Å². The van der Waals surface area contributed by atoms with Crippen molar-refractivity contribution in [2.75, 3.05) is 5.32 Å². The number of carbonyl (C=O) groups excluding carboxylic acids is 1. The second-order valence-electron chi connectivity index (χ2n) is 4.10. The highest BCUT2D eigenvalue weighted by Crippen LogP contribution is 2.23. The lowest BCUT2D eigenvalue weighted by Gasteiger charge is -2.05. The lowest BCUT2D eigenvalue weighted by molar-refractivity contribution is -0.111. The quantitative estimate of drug-likeness (QED) is 0.561. The summed E-state index contributed by atoms with van der Waals surface area (Å²) in [5, 5.41) is 4.64. The Morgan fingerprint density at radius 1 is 1.21 bits per heavy atom. The molecule has 0 saturated carbocycles. The number of carbonyl (C=O) groups is 1. The molecule has 0 radical (unpaired) electrons. The average Bonchev–Trinajstić information content (AvgIpc) is 2.47. The van der Waals surface area contributed by atoms with Gasteiger partial charge in [-0.2, -0.15) is 0 Å². The minimum atomic E-state index is -0.273. The van der Waals surface area contributed by atoms with Crippen molar-refractivity contribution in [1.82, 2.24) is 9.97 Å². The van der Waals surface area contributed by atoms with Gasteiger partial charge in [-0.05, 0) is 36.4 Å². The van der Waals surface area contributed by atoms with Crippen molar-refractivity contribution in [2.45, 2.75) is 0 Å². The molecule has 4 nitrogen and oxygen atoms in total. The molecule has 0 atom stereocenters. The van der Waals surface area contributed by atoms with Crippen molar-refractivity contribution in [3.63, 3.8) is 0 Å². The van der Waals surface area contributed by atoms with Gasteiger partial charge in [0.2, 0.25) is 5.91 Å². The van der Waals surface area contributed by atoms with Gasteiger partial charge in [-0.1, -0.05) is 12.6 Å². The molecule has 92 valence electrons. The van der Waals surface area contributed by atoms with Crippen molar-refractivity contribution in [3.8, 4) is 0 Å². The number of benzene rings is 1. The van der Waals surface area contributed by atoms with Crippen LogP contribution < -0.4 is 5.32 Å². The van der Waals surface area contributed by atoms with E-state index in [0.29, 0.717) is 5.82 Å². The molecule has 2 heterocycles. The van der Waals surface area contributed by atoms with E-state index in [0.717, 1.165) is 21.8 Å². The summed E-state index contributed by atoms with van der Waals surface area (Å²) in [5.74, 6) is 0.235. The third kappa shape index (κ3) is 2.04. The lowest BCUT2D eigenvalue weighted by Crippen LogP contribution is -2.08. The van der Waals surface area contributed by atoms with Gasteiger partial charge in [0.15, 0.2) is 0 Å². The van der Waals surface area contributed by atoms with E-state index in [1.807, 2.05) is 30.3 Å². The van der Waals surface area contributed by atoms with E-state index in [4.69, 9.17) is 0 Å². The molecule has 1 N–H and O–H groups in total. The molecule has 0 aliphatic heterocycles. The average molecular weight is 249 g/mol. The molecule has 3 aromatic rings. The van der Waals surface area contributed by atoms with Gasteiger partial charge in [0, 0.05) is 17.0 Å². The molecule has 0 fully saturated rings. The summed E-state index contributed by atoms with van der Waals surface area (Å²) in [4.78, 5) is 20.1. The molecule has 0 aliphatic rings. The van der Waals surface area contributed by atoms with E-state index in [2.05, 4.69) is 21.9 Å². The lowest BCUT2D eigenvalue weighted by atomic mass is 10.1. The molecule has 4 heteroatoms. The molecule has 2 aromatic heterocycles. The van der Waals surface area contributed by atoms with E-state index in [1.165, 1.54) is 6.08 Å². The van der Waals surface area contributed by atoms with Gasteiger partial charge < -0.3 is 5.32 Å². The third-order valence-electron chi connectivity index (χ3n) is 2.88. The van der Waals surface area contributed by atoms with E-state index in [-0.39, 0.29) is 5.91 Å². The van der Waals surface area contributed by atoms with Gasteiger partial charge in [-0.3, -0.25) is 9.78 Å². The maximum absolute atomic E-state index is 11.3. The SMILES string of the molecule is C=CC(=O)Nc1ccc2ccc3ncccc3c2n1. The maximum Gasteiger partial charge on any atom is 0.248 e. The molecule has 19 heavy (non-hydrogen) atoms. The van der Waals surface area contributed by atoms with Crippen LogP contribution in [0, 0.1) is 0 Å². The predicted octanol–water partition coefficient (Wildman–Crippen LogP) is 2.91. The van der Waals surface area contributed by atoms with Crippen LogP contribution in [0.25, 0.3) is 21.8 Å². The first-order valence-corrected chi connectivity index (χ1v) is 5.86. The van der Waals surface area contributed by atoms with Crippen LogP contribution in [0.4, 0.5) is 5.82 Å². The summed E-state index contributed by atoms with van der Waals surface area (Å²) < 4.78 is 0. The Kier molecular flexibility index (Phi) is 2.68. The number of pyridine rings is 2. The summed E-state index contributed by atoms with van der Waals surface area (Å²) in [6.45, 7) is 3.42. The van der Waals surface area contributed by atoms with Gasteiger partial charge in [-0.15, -0.1) is 0 Å². The summed E-state index contributed by atoms with van der Waals surface area (Å²) in [5.41, 5.74) is 1.71. The Balaban J connectivity index is 2.22. The number of aromatic nitrogens is 2. The number of nitrogens with zero attached hydrogens (tertiary/aromatic N) is 2. The van der Waals surface area contributed by atoms with Crippen LogP contribution in [-0.4, -0.2) is 15.9 Å². The highest BCUT2D eigenvalue weighted by molar-refractivity contribution is 6.05. The van der Waals surface area contributed by atoms with Gasteiger partial charge in [0.1, 0.15) is 5.82 Å². The van der Waals surface area contributed by atoms with Crippen molar-refractivity contribution < 1.29 is 4.79 Å². The van der Waals surface area contributed by atoms with Gasteiger partial charge in [0.05, 0.1) is 11.0 Å². The first kappa shape index (κ1) is 11.3. The summed E-state index contributed by atoms with van der Waals surface area (Å²) in [6, 6.07) is 11.5. The molecule has 0 bridgehead atoms. The second kappa shape index (κ2) is 4.49. The standard InChI is InChI=1S/C15H11N3O/c1-2-14(19)17-13-8-6-10-5-7-12-11(15(10)18-13)4-3-9-16-12/h2-9H,1H2,(H,17,18,19). The number of anilines is 1. The maximum atomic E-state index is 11.3. The van der Waals surface area contributed by atoms with E-state index >= 15 is 0 Å². The fraction of sp³-hybridized carbons (Fsp3) is 0. The number of amides is 1. The smallest absolute Gasteiger partial charge is 0.248 e. The van der Waals surface area contributed by atoms with Gasteiger partial charge in [0.25, 0.3) is 0 Å². The Labute approximate surface area is 109 Å². The number of hydrogen-bond acceptors (Lipinski definition) is 3. The number of nitrogens with one attached hydrogen (secondary N) is 1. The first-order chi connectivity index (χ1) is 9.28. The normalized spacial score (nSPS) is 10.5. The largest absolute Gasteiger partial charge is 0.307 e. The minimum Gasteiger partial charge on any atom is -0.307 e. The van der Waals surface area contributed by atoms with E-state index in [9.17, 15) is 4.79 Å². The zero-order chi connectivity index (χ0) is 13.2. The van der Waals surface area contributed by atoms with E-state index < -0.39 is 0 Å². The Bertz CT molecular complexity index is 796. The Hall–Kier alpha value is -2.75. The van der Waals surface area contributed by atoms with Crippen LogP contribution in [0.1, 0.15) is 0 Å². The summed E-state index contributed by atoms with van der Waals surface area (Å²) in [6.07, 6.45) is 2.97. The van der Waals surface area contributed by atoms with E-state index in [1.54, 1.807) is 12.3 Å². The van der Waals surface area contributed by atoms with Crippen molar-refractivity contribution in [1.29, 1.82) is 0 Å². The highest BCUT2D eigenvalue weighted by Gasteiger charge is 2.05. The molecule has 0 aliphatic carbocycles. The highest BCUT2D eigenvalue weighted by atomic mass is 16.1. The number of rotatable bonds is 2. The fourth-order valence-corrected chi connectivity index (χ4v) is 1.99. The molecular formula is C15H11N3O. The molecule has 0 saturated heterocycles. The Morgan fingerprint density at radius 2 is 2.05 bits per heavy atom. The predicted molar refractivity (Wildman–Crippen MR) is 75.9 cm³/mol. The first-order valence-electron chi connectivity index (χ1n) is 5.86. The van der Waals surface area contributed by atoms with Crippen LogP contribution in [-0.2, 0) is 4.79 Å². The van der Waals surface area contributed by atoms with Crippen LogP contribution in [0.3, 0.4) is 0 Å². The zero-order valence-corrected chi connectivity index (χ0v) is 10.1. The monoisotopic (exact) mass is 249 g/mol. The van der Waals surface area contributed by atoms with Gasteiger partial charge >= 0.3 is 0 Å². The minimum absolute atomic E-state index is 0.273. The third-order valence-corrected chi connectivity index (χ3v) is 2.88. The molecule has 3 rings (SSSR count).